The number of aliphatic hydroxyl groups is 1. The first-order valence-corrected chi connectivity index (χ1v) is 5.56. The predicted octanol–water partition coefficient (Wildman–Crippen LogP) is 1.59. The number of rotatable bonds is 5. The monoisotopic (exact) mass is 237 g/mol. The molecule has 4 heteroatoms. The first-order chi connectivity index (χ1) is 7.91. The van der Waals surface area contributed by atoms with Crippen molar-refractivity contribution in [2.45, 2.75) is 39.2 Å². The third-order valence-electron chi connectivity index (χ3n) is 2.82. The third kappa shape index (κ3) is 3.27. The molecule has 0 bridgehead atoms. The molecule has 1 heterocycles. The van der Waals surface area contributed by atoms with Gasteiger partial charge in [0.05, 0.1) is 12.7 Å². The number of carbonyl (C=O) groups is 1. The van der Waals surface area contributed by atoms with Crippen LogP contribution in [0.1, 0.15) is 30.2 Å². The minimum atomic E-state index is -1.06. The molecule has 0 aliphatic heterocycles. The van der Waals surface area contributed by atoms with E-state index in [-0.39, 0.29) is 6.42 Å². The summed E-state index contributed by atoms with van der Waals surface area (Å²) in [4.78, 5) is 14.8. The van der Waals surface area contributed by atoms with E-state index in [2.05, 4.69) is 4.98 Å². The summed E-state index contributed by atoms with van der Waals surface area (Å²) in [6, 6.07) is 0. The Morgan fingerprint density at radius 3 is 2.71 bits per heavy atom. The quantitative estimate of drug-likeness (QED) is 0.790. The molecule has 1 unspecified atom stereocenters. The summed E-state index contributed by atoms with van der Waals surface area (Å²) < 4.78 is 5.30. The smallest absolute Gasteiger partial charge is 0.128 e. The van der Waals surface area contributed by atoms with E-state index in [1.165, 1.54) is 0 Å². The number of nitrogens with zero attached hydrogens (tertiary/aromatic N) is 1. The summed E-state index contributed by atoms with van der Waals surface area (Å²) in [7, 11) is 1.61. The van der Waals surface area contributed by atoms with E-state index in [1.54, 1.807) is 20.2 Å². The van der Waals surface area contributed by atoms with Crippen molar-refractivity contribution >= 4 is 6.29 Å². The summed E-state index contributed by atoms with van der Waals surface area (Å²) in [6.07, 6.45) is 2.89. The van der Waals surface area contributed by atoms with E-state index in [9.17, 15) is 9.90 Å². The van der Waals surface area contributed by atoms with E-state index < -0.39 is 5.60 Å². The van der Waals surface area contributed by atoms with Crippen LogP contribution < -0.4 is 4.74 Å². The summed E-state index contributed by atoms with van der Waals surface area (Å²) >= 11 is 0. The number of ether oxygens (including phenoxy) is 1. The maximum atomic E-state index is 10.5. The van der Waals surface area contributed by atoms with Crippen molar-refractivity contribution in [3.63, 3.8) is 0 Å². The first-order valence-electron chi connectivity index (χ1n) is 5.56. The van der Waals surface area contributed by atoms with Gasteiger partial charge in [-0.05, 0) is 20.8 Å². The van der Waals surface area contributed by atoms with Crippen LogP contribution in [0.25, 0.3) is 0 Å². The van der Waals surface area contributed by atoms with Gasteiger partial charge < -0.3 is 14.6 Å². The number of aromatic nitrogens is 1. The number of aryl methyl sites for hydroxylation is 1. The van der Waals surface area contributed by atoms with Crippen LogP contribution in [0.15, 0.2) is 6.20 Å². The summed E-state index contributed by atoms with van der Waals surface area (Å²) in [6.45, 7) is 5.46. The van der Waals surface area contributed by atoms with Crippen LogP contribution in [0.5, 0.6) is 5.75 Å². The fourth-order valence-electron chi connectivity index (χ4n) is 1.86. The highest BCUT2D eigenvalue weighted by Gasteiger charge is 2.23. The molecule has 1 N–H and O–H groups in total. The zero-order valence-corrected chi connectivity index (χ0v) is 10.8. The standard InChI is InChI=1S/C13H19NO3/c1-9-8-14-11(10(2)12(9)17-4)7-13(3,16)5-6-15/h6,8,16H,5,7H2,1-4H3. The van der Waals surface area contributed by atoms with Crippen molar-refractivity contribution in [2.24, 2.45) is 0 Å². The van der Waals surface area contributed by atoms with E-state index in [0.717, 1.165) is 28.9 Å². The number of carbonyl (C=O) groups excluding carboxylic acids is 1. The molecular weight excluding hydrogens is 218 g/mol. The van der Waals surface area contributed by atoms with Gasteiger partial charge in [0.15, 0.2) is 0 Å². The fourth-order valence-corrected chi connectivity index (χ4v) is 1.86. The molecule has 0 saturated carbocycles. The highest BCUT2D eigenvalue weighted by atomic mass is 16.5. The first kappa shape index (κ1) is 13.6. The molecule has 17 heavy (non-hydrogen) atoms. The molecule has 0 radical (unpaired) electrons. The average molecular weight is 237 g/mol. The molecule has 1 aromatic rings. The van der Waals surface area contributed by atoms with Crippen molar-refractivity contribution < 1.29 is 14.6 Å². The van der Waals surface area contributed by atoms with E-state index in [0.29, 0.717) is 6.42 Å². The molecule has 1 rings (SSSR count). The van der Waals surface area contributed by atoms with Gasteiger partial charge in [-0.3, -0.25) is 4.98 Å². The van der Waals surface area contributed by atoms with Crippen molar-refractivity contribution in [2.75, 3.05) is 7.11 Å². The molecule has 0 spiro atoms. The predicted molar refractivity (Wildman–Crippen MR) is 65.3 cm³/mol. The Morgan fingerprint density at radius 1 is 1.53 bits per heavy atom. The molecule has 0 amide bonds. The van der Waals surface area contributed by atoms with Crippen LogP contribution in [-0.2, 0) is 11.2 Å². The van der Waals surface area contributed by atoms with Gasteiger partial charge in [-0.1, -0.05) is 0 Å². The summed E-state index contributed by atoms with van der Waals surface area (Å²) in [5.41, 5.74) is 1.58. The van der Waals surface area contributed by atoms with Crippen LogP contribution in [0.3, 0.4) is 0 Å². The molecule has 0 aliphatic rings. The zero-order chi connectivity index (χ0) is 13.1. The van der Waals surface area contributed by atoms with Crippen LogP contribution in [0.2, 0.25) is 0 Å². The van der Waals surface area contributed by atoms with Crippen molar-refractivity contribution in [1.82, 2.24) is 4.98 Å². The molecule has 1 atom stereocenters. The van der Waals surface area contributed by atoms with Crippen molar-refractivity contribution in [1.29, 1.82) is 0 Å². The molecule has 1 aromatic heterocycles. The maximum Gasteiger partial charge on any atom is 0.128 e. The molecular formula is C13H19NO3. The van der Waals surface area contributed by atoms with Crippen LogP contribution in [-0.4, -0.2) is 29.1 Å². The molecule has 0 saturated heterocycles. The number of pyridine rings is 1. The zero-order valence-electron chi connectivity index (χ0n) is 10.8. The van der Waals surface area contributed by atoms with Crippen molar-refractivity contribution in [3.05, 3.63) is 23.0 Å². The lowest BCUT2D eigenvalue weighted by atomic mass is 9.94. The molecule has 0 fully saturated rings. The minimum Gasteiger partial charge on any atom is -0.496 e. The van der Waals surface area contributed by atoms with Gasteiger partial charge in [-0.15, -0.1) is 0 Å². The summed E-state index contributed by atoms with van der Waals surface area (Å²) in [5, 5.41) is 10.0. The molecule has 94 valence electrons. The van der Waals surface area contributed by atoms with Gasteiger partial charge in [-0.25, -0.2) is 0 Å². The topological polar surface area (TPSA) is 59.4 Å². The van der Waals surface area contributed by atoms with Gasteiger partial charge in [-0.2, -0.15) is 0 Å². The Labute approximate surface area is 102 Å². The Hall–Kier alpha value is -1.42. The van der Waals surface area contributed by atoms with E-state index >= 15 is 0 Å². The maximum absolute atomic E-state index is 10.5. The largest absolute Gasteiger partial charge is 0.496 e. The van der Waals surface area contributed by atoms with Gasteiger partial charge >= 0.3 is 0 Å². The number of aldehydes is 1. The van der Waals surface area contributed by atoms with Gasteiger partial charge in [0.2, 0.25) is 0 Å². The second-order valence-electron chi connectivity index (χ2n) is 4.59. The normalized spacial score (nSPS) is 14.2. The van der Waals surface area contributed by atoms with Crippen molar-refractivity contribution in [3.8, 4) is 5.75 Å². The third-order valence-corrected chi connectivity index (χ3v) is 2.82. The van der Waals surface area contributed by atoms with E-state index in [1.807, 2.05) is 13.8 Å². The number of hydrogen-bond acceptors (Lipinski definition) is 4. The Morgan fingerprint density at radius 2 is 2.18 bits per heavy atom. The van der Waals surface area contributed by atoms with Gasteiger partial charge in [0.25, 0.3) is 0 Å². The second-order valence-corrected chi connectivity index (χ2v) is 4.59. The molecule has 0 aromatic carbocycles. The Balaban J connectivity index is 3.04. The van der Waals surface area contributed by atoms with Crippen LogP contribution in [0, 0.1) is 13.8 Å². The van der Waals surface area contributed by atoms with Gasteiger partial charge in [0.1, 0.15) is 12.0 Å². The van der Waals surface area contributed by atoms with Crippen LogP contribution >= 0.6 is 0 Å². The SMILES string of the molecule is COc1c(C)cnc(CC(C)(O)CC=O)c1C. The highest BCUT2D eigenvalue weighted by molar-refractivity contribution is 5.51. The fraction of sp³-hybridized carbons (Fsp3) is 0.538. The van der Waals surface area contributed by atoms with Gasteiger partial charge in [0, 0.05) is 35.9 Å². The lowest BCUT2D eigenvalue weighted by molar-refractivity contribution is -0.111. The van der Waals surface area contributed by atoms with Crippen LogP contribution in [0.4, 0.5) is 0 Å². The Bertz CT molecular complexity index is 413. The Kier molecular flexibility index (Phi) is 4.23. The second kappa shape index (κ2) is 5.27. The number of hydrogen-bond donors (Lipinski definition) is 1. The summed E-state index contributed by atoms with van der Waals surface area (Å²) in [5.74, 6) is 0.789. The highest BCUT2D eigenvalue weighted by Crippen LogP contribution is 2.26. The van der Waals surface area contributed by atoms with E-state index in [4.69, 9.17) is 4.74 Å². The lowest BCUT2D eigenvalue weighted by Crippen LogP contribution is -2.28. The minimum absolute atomic E-state index is 0.101. The molecule has 4 nitrogen and oxygen atoms in total. The number of methoxy groups -OCH3 is 1. The average Bonchev–Trinajstić information content (AvgIpc) is 2.23. The molecule has 0 aliphatic carbocycles. The lowest BCUT2D eigenvalue weighted by Gasteiger charge is -2.22.